The van der Waals surface area contributed by atoms with Crippen molar-refractivity contribution < 1.29 is 9.90 Å². The Bertz CT molecular complexity index is 264. The Hall–Kier alpha value is -0.870. The van der Waals surface area contributed by atoms with Gasteiger partial charge >= 0.3 is 0 Å². The number of hydrogen-bond acceptors (Lipinski definition) is 3. The van der Waals surface area contributed by atoms with Crippen LogP contribution in [0.2, 0.25) is 0 Å². The van der Waals surface area contributed by atoms with Crippen LogP contribution in [0.15, 0.2) is 11.6 Å². The molecule has 0 saturated carbocycles. The number of primary amides is 1. The summed E-state index contributed by atoms with van der Waals surface area (Å²) in [5.74, 6) is -0.553. The van der Waals surface area contributed by atoms with E-state index in [1.807, 2.05) is 0 Å². The first-order chi connectivity index (χ1) is 7.50. The lowest BCUT2D eigenvalue weighted by atomic mass is 9.91. The Balaban J connectivity index is 2.34. The topological polar surface area (TPSA) is 66.6 Å². The number of amides is 1. The molecule has 0 bridgehead atoms. The van der Waals surface area contributed by atoms with Crippen LogP contribution >= 0.6 is 0 Å². The highest BCUT2D eigenvalue weighted by atomic mass is 16.3. The van der Waals surface area contributed by atoms with E-state index in [-0.39, 0.29) is 5.92 Å². The lowest BCUT2D eigenvalue weighted by molar-refractivity contribution is -0.129. The number of likely N-dealkylation sites (tertiary alicyclic amines) is 1. The van der Waals surface area contributed by atoms with Gasteiger partial charge in [0, 0.05) is 6.54 Å². The Morgan fingerprint density at radius 3 is 2.50 bits per heavy atom. The molecule has 1 atom stereocenters. The van der Waals surface area contributed by atoms with Gasteiger partial charge in [-0.2, -0.15) is 0 Å². The van der Waals surface area contributed by atoms with E-state index in [1.165, 1.54) is 5.57 Å². The molecule has 16 heavy (non-hydrogen) atoms. The fourth-order valence-electron chi connectivity index (χ4n) is 2.00. The molecule has 1 saturated heterocycles. The van der Waals surface area contributed by atoms with Gasteiger partial charge in [-0.15, -0.1) is 0 Å². The van der Waals surface area contributed by atoms with Gasteiger partial charge in [-0.1, -0.05) is 11.6 Å². The summed E-state index contributed by atoms with van der Waals surface area (Å²) < 4.78 is 0. The molecule has 4 nitrogen and oxygen atoms in total. The highest BCUT2D eigenvalue weighted by Crippen LogP contribution is 2.20. The van der Waals surface area contributed by atoms with Crippen LogP contribution in [-0.2, 0) is 4.79 Å². The first-order valence-corrected chi connectivity index (χ1v) is 5.84. The zero-order valence-electron chi connectivity index (χ0n) is 10.1. The van der Waals surface area contributed by atoms with Crippen molar-refractivity contribution in [2.75, 3.05) is 19.6 Å². The molecule has 3 N–H and O–H groups in total. The minimum atomic E-state index is -0.967. The fourth-order valence-corrected chi connectivity index (χ4v) is 2.00. The van der Waals surface area contributed by atoms with Gasteiger partial charge < -0.3 is 10.8 Å². The molecule has 0 radical (unpaired) electrons. The number of allylic oxidation sites excluding steroid dienone is 1. The maximum Gasteiger partial charge on any atom is 0.246 e. The van der Waals surface area contributed by atoms with Crippen LogP contribution in [0.3, 0.4) is 0 Å². The molecule has 1 aliphatic heterocycles. The molecule has 0 aliphatic carbocycles. The molecule has 0 spiro atoms. The zero-order valence-corrected chi connectivity index (χ0v) is 10.1. The number of hydrogen-bond donors (Lipinski definition) is 2. The molecule has 0 aromatic rings. The molecule has 1 rings (SSSR count). The maximum absolute atomic E-state index is 10.8. The Morgan fingerprint density at radius 2 is 2.06 bits per heavy atom. The highest BCUT2D eigenvalue weighted by Gasteiger charge is 2.27. The van der Waals surface area contributed by atoms with Crippen molar-refractivity contribution in [1.82, 2.24) is 4.90 Å². The van der Waals surface area contributed by atoms with Crippen LogP contribution in [0.25, 0.3) is 0 Å². The normalized spacial score (nSPS) is 20.4. The van der Waals surface area contributed by atoms with Gasteiger partial charge in [0.25, 0.3) is 0 Å². The first-order valence-electron chi connectivity index (χ1n) is 5.84. The largest absolute Gasteiger partial charge is 0.383 e. The second kappa shape index (κ2) is 6.01. The summed E-state index contributed by atoms with van der Waals surface area (Å²) in [7, 11) is 0. The van der Waals surface area contributed by atoms with Gasteiger partial charge in [0.1, 0.15) is 6.10 Å². The maximum atomic E-state index is 10.8. The van der Waals surface area contributed by atoms with Gasteiger partial charge in [-0.25, -0.2) is 0 Å². The van der Waals surface area contributed by atoms with Gasteiger partial charge in [0.05, 0.1) is 0 Å². The van der Waals surface area contributed by atoms with E-state index in [2.05, 4.69) is 24.8 Å². The van der Waals surface area contributed by atoms with Crippen molar-refractivity contribution in [1.29, 1.82) is 0 Å². The number of nitrogens with zero attached hydrogens (tertiary/aromatic N) is 1. The summed E-state index contributed by atoms with van der Waals surface area (Å²) >= 11 is 0. The smallest absolute Gasteiger partial charge is 0.246 e. The summed E-state index contributed by atoms with van der Waals surface area (Å²) in [4.78, 5) is 13.2. The van der Waals surface area contributed by atoms with Crippen LogP contribution in [0.1, 0.15) is 26.7 Å². The van der Waals surface area contributed by atoms with Crippen molar-refractivity contribution in [2.24, 2.45) is 11.7 Å². The number of aliphatic hydroxyl groups excluding tert-OH is 1. The Labute approximate surface area is 97.1 Å². The van der Waals surface area contributed by atoms with Crippen molar-refractivity contribution in [3.05, 3.63) is 11.6 Å². The Morgan fingerprint density at radius 1 is 1.50 bits per heavy atom. The number of piperidine rings is 1. The summed E-state index contributed by atoms with van der Waals surface area (Å²) in [6.45, 7) is 6.99. The molecule has 1 heterocycles. The summed E-state index contributed by atoms with van der Waals surface area (Å²) in [5.41, 5.74) is 6.41. The molecule has 1 fully saturated rings. The van der Waals surface area contributed by atoms with Crippen molar-refractivity contribution in [3.63, 3.8) is 0 Å². The molecule has 92 valence electrons. The third-order valence-corrected chi connectivity index (χ3v) is 3.13. The minimum absolute atomic E-state index is 0.0421. The van der Waals surface area contributed by atoms with Crippen LogP contribution in [-0.4, -0.2) is 41.7 Å². The SMILES string of the molecule is CC(C)=CCN1CCC([C@@H](O)C(N)=O)CC1. The van der Waals surface area contributed by atoms with E-state index < -0.39 is 12.0 Å². The second-order valence-corrected chi connectivity index (χ2v) is 4.77. The van der Waals surface area contributed by atoms with E-state index in [4.69, 9.17) is 5.73 Å². The third-order valence-electron chi connectivity index (χ3n) is 3.13. The van der Waals surface area contributed by atoms with Crippen molar-refractivity contribution in [2.45, 2.75) is 32.8 Å². The summed E-state index contributed by atoms with van der Waals surface area (Å²) in [6.07, 6.45) is 2.93. The number of carbonyl (C=O) groups excluding carboxylic acids is 1. The number of rotatable bonds is 4. The molecule has 1 aliphatic rings. The van der Waals surface area contributed by atoms with E-state index in [1.54, 1.807) is 0 Å². The Kier molecular flexibility index (Phi) is 4.96. The molecule has 4 heteroatoms. The lowest BCUT2D eigenvalue weighted by Crippen LogP contribution is -2.42. The minimum Gasteiger partial charge on any atom is -0.383 e. The number of aliphatic hydroxyl groups is 1. The molecular weight excluding hydrogens is 204 g/mol. The van der Waals surface area contributed by atoms with Gasteiger partial charge in [-0.3, -0.25) is 9.69 Å². The van der Waals surface area contributed by atoms with Crippen LogP contribution in [0.4, 0.5) is 0 Å². The van der Waals surface area contributed by atoms with Crippen LogP contribution in [0.5, 0.6) is 0 Å². The highest BCUT2D eigenvalue weighted by molar-refractivity contribution is 5.78. The van der Waals surface area contributed by atoms with Gasteiger partial charge in [-0.05, 0) is 45.7 Å². The molecule has 0 aromatic carbocycles. The first kappa shape index (κ1) is 13.2. The molecule has 0 unspecified atom stereocenters. The third kappa shape index (κ3) is 3.94. The molecule has 1 amide bonds. The van der Waals surface area contributed by atoms with Gasteiger partial charge in [0.2, 0.25) is 5.91 Å². The van der Waals surface area contributed by atoms with Crippen molar-refractivity contribution in [3.8, 4) is 0 Å². The summed E-state index contributed by atoms with van der Waals surface area (Å²) in [6, 6.07) is 0. The molecule has 0 aromatic heterocycles. The average molecular weight is 226 g/mol. The monoisotopic (exact) mass is 226 g/mol. The number of carbonyl (C=O) groups is 1. The standard InChI is InChI=1S/C12H22N2O2/c1-9(2)3-6-14-7-4-10(5-8-14)11(15)12(13)16/h3,10-11,15H,4-8H2,1-2H3,(H2,13,16)/t11-/m1/s1. The van der Waals surface area contributed by atoms with E-state index in [0.717, 1.165) is 32.5 Å². The number of nitrogens with two attached hydrogens (primary N) is 1. The molecular formula is C12H22N2O2. The zero-order chi connectivity index (χ0) is 12.1. The van der Waals surface area contributed by atoms with Crippen LogP contribution in [0, 0.1) is 5.92 Å². The van der Waals surface area contributed by atoms with E-state index in [0.29, 0.717) is 0 Å². The fraction of sp³-hybridized carbons (Fsp3) is 0.750. The lowest BCUT2D eigenvalue weighted by Gasteiger charge is -2.32. The van der Waals surface area contributed by atoms with Crippen LogP contribution < -0.4 is 5.73 Å². The quantitative estimate of drug-likeness (QED) is 0.686. The van der Waals surface area contributed by atoms with E-state index >= 15 is 0 Å². The predicted molar refractivity (Wildman–Crippen MR) is 63.8 cm³/mol. The predicted octanol–water partition coefficient (Wildman–Crippen LogP) is 0.511. The van der Waals surface area contributed by atoms with E-state index in [9.17, 15) is 9.90 Å². The van der Waals surface area contributed by atoms with Gasteiger partial charge in [0.15, 0.2) is 0 Å². The average Bonchev–Trinajstić information content (AvgIpc) is 2.26. The second-order valence-electron chi connectivity index (χ2n) is 4.77. The summed E-state index contributed by atoms with van der Waals surface area (Å²) in [5, 5.41) is 9.55. The van der Waals surface area contributed by atoms with Crippen molar-refractivity contribution >= 4 is 5.91 Å².